The van der Waals surface area contributed by atoms with Crippen molar-refractivity contribution < 1.29 is 19.4 Å². The Bertz CT molecular complexity index is 1190. The standard InChI is InChI=1S/C25H22N2O4S/c1-2-30-21-11-7-6-10-20(21)26-25-27-24(22(32-25)16-23(28)29)17-12-14-19(15-13-17)31-18-8-4-3-5-9-18/h3-15H,2,16H2,1H3,(H,26,27)(H,28,29). The molecule has 6 nitrogen and oxygen atoms in total. The number of ether oxygens (including phenoxy) is 2. The number of para-hydroxylation sites is 3. The van der Waals surface area contributed by atoms with E-state index < -0.39 is 5.97 Å². The van der Waals surface area contributed by atoms with Crippen LogP contribution >= 0.6 is 11.3 Å². The number of carboxylic acid groups (broad SMARTS) is 1. The van der Waals surface area contributed by atoms with Crippen LogP contribution in [0.1, 0.15) is 11.8 Å². The molecule has 0 spiro atoms. The number of thiazole rings is 1. The van der Waals surface area contributed by atoms with Gasteiger partial charge in [0.05, 0.1) is 24.4 Å². The Morgan fingerprint density at radius 1 is 0.969 bits per heavy atom. The Hall–Kier alpha value is -3.84. The third-order valence-corrected chi connectivity index (χ3v) is 5.52. The molecular formula is C25H22N2O4S. The zero-order valence-electron chi connectivity index (χ0n) is 17.4. The SMILES string of the molecule is CCOc1ccccc1Nc1nc(-c2ccc(Oc3ccccc3)cc2)c(CC(=O)O)s1. The number of nitrogens with zero attached hydrogens (tertiary/aromatic N) is 1. The highest BCUT2D eigenvalue weighted by molar-refractivity contribution is 7.16. The summed E-state index contributed by atoms with van der Waals surface area (Å²) in [5, 5.41) is 13.3. The highest BCUT2D eigenvalue weighted by atomic mass is 32.1. The second kappa shape index (κ2) is 9.98. The Labute approximate surface area is 190 Å². The summed E-state index contributed by atoms with van der Waals surface area (Å²) in [6.45, 7) is 2.47. The fraction of sp³-hybridized carbons (Fsp3) is 0.120. The van der Waals surface area contributed by atoms with Crippen LogP contribution in [-0.2, 0) is 11.2 Å². The molecule has 2 N–H and O–H groups in total. The first-order chi connectivity index (χ1) is 15.6. The first kappa shape index (κ1) is 21.4. The zero-order chi connectivity index (χ0) is 22.3. The molecule has 0 atom stereocenters. The molecule has 0 aliphatic heterocycles. The van der Waals surface area contributed by atoms with E-state index >= 15 is 0 Å². The van der Waals surface area contributed by atoms with Crippen molar-refractivity contribution in [2.45, 2.75) is 13.3 Å². The van der Waals surface area contributed by atoms with Gasteiger partial charge in [0.1, 0.15) is 17.2 Å². The number of anilines is 2. The molecule has 0 saturated carbocycles. The van der Waals surface area contributed by atoms with Crippen LogP contribution < -0.4 is 14.8 Å². The minimum Gasteiger partial charge on any atom is -0.492 e. The molecule has 1 heterocycles. The number of carboxylic acids is 1. The van der Waals surface area contributed by atoms with Crippen molar-refractivity contribution in [2.75, 3.05) is 11.9 Å². The highest BCUT2D eigenvalue weighted by Gasteiger charge is 2.17. The summed E-state index contributed by atoms with van der Waals surface area (Å²) < 4.78 is 11.5. The maximum atomic E-state index is 11.4. The summed E-state index contributed by atoms with van der Waals surface area (Å²) >= 11 is 1.32. The van der Waals surface area contributed by atoms with Gasteiger partial charge in [-0.2, -0.15) is 0 Å². The lowest BCUT2D eigenvalue weighted by molar-refractivity contribution is -0.136. The van der Waals surface area contributed by atoms with E-state index in [9.17, 15) is 9.90 Å². The number of rotatable bonds is 9. The molecule has 0 fully saturated rings. The van der Waals surface area contributed by atoms with Gasteiger partial charge in [0.2, 0.25) is 0 Å². The summed E-state index contributed by atoms with van der Waals surface area (Å²) in [6, 6.07) is 24.6. The number of benzene rings is 3. The molecule has 4 aromatic rings. The monoisotopic (exact) mass is 446 g/mol. The first-order valence-electron chi connectivity index (χ1n) is 10.2. The lowest BCUT2D eigenvalue weighted by Crippen LogP contribution is -1.99. The van der Waals surface area contributed by atoms with E-state index in [1.807, 2.05) is 85.8 Å². The number of hydrogen-bond acceptors (Lipinski definition) is 6. The van der Waals surface area contributed by atoms with Gasteiger partial charge in [-0.05, 0) is 55.5 Å². The normalized spacial score (nSPS) is 10.5. The maximum absolute atomic E-state index is 11.4. The second-order valence-electron chi connectivity index (χ2n) is 6.85. The largest absolute Gasteiger partial charge is 0.492 e. The van der Waals surface area contributed by atoms with Gasteiger partial charge < -0.3 is 19.9 Å². The highest BCUT2D eigenvalue weighted by Crippen LogP contribution is 2.36. The lowest BCUT2D eigenvalue weighted by Gasteiger charge is -2.10. The molecule has 3 aromatic carbocycles. The van der Waals surface area contributed by atoms with E-state index in [4.69, 9.17) is 14.5 Å². The van der Waals surface area contributed by atoms with E-state index in [0.29, 0.717) is 33.8 Å². The van der Waals surface area contributed by atoms with Gasteiger partial charge >= 0.3 is 5.97 Å². The Morgan fingerprint density at radius 2 is 1.66 bits per heavy atom. The van der Waals surface area contributed by atoms with Crippen molar-refractivity contribution in [3.05, 3.63) is 83.7 Å². The van der Waals surface area contributed by atoms with Gasteiger partial charge in [-0.1, -0.05) is 30.3 Å². The fourth-order valence-electron chi connectivity index (χ4n) is 3.16. The molecule has 0 bridgehead atoms. The van der Waals surface area contributed by atoms with Gasteiger partial charge in [0.25, 0.3) is 0 Å². The van der Waals surface area contributed by atoms with Crippen LogP contribution in [0.15, 0.2) is 78.9 Å². The average molecular weight is 447 g/mol. The maximum Gasteiger partial charge on any atom is 0.308 e. The van der Waals surface area contributed by atoms with E-state index in [1.165, 1.54) is 11.3 Å². The minimum absolute atomic E-state index is 0.107. The average Bonchev–Trinajstić information content (AvgIpc) is 3.18. The summed E-state index contributed by atoms with van der Waals surface area (Å²) in [4.78, 5) is 16.8. The number of hydrogen-bond donors (Lipinski definition) is 2. The summed E-state index contributed by atoms with van der Waals surface area (Å²) in [7, 11) is 0. The van der Waals surface area contributed by atoms with Crippen LogP contribution in [0.5, 0.6) is 17.2 Å². The van der Waals surface area contributed by atoms with Gasteiger partial charge in [0, 0.05) is 10.4 Å². The summed E-state index contributed by atoms with van der Waals surface area (Å²) in [6.07, 6.45) is -0.107. The second-order valence-corrected chi connectivity index (χ2v) is 7.94. The molecule has 4 rings (SSSR count). The molecule has 162 valence electrons. The molecule has 0 saturated heterocycles. The van der Waals surface area contributed by atoms with Crippen LogP contribution in [0, 0.1) is 0 Å². The van der Waals surface area contributed by atoms with Crippen LogP contribution in [0.25, 0.3) is 11.3 Å². The summed E-state index contributed by atoms with van der Waals surface area (Å²) in [5.41, 5.74) is 2.24. The van der Waals surface area contributed by atoms with Crippen molar-refractivity contribution >= 4 is 28.1 Å². The van der Waals surface area contributed by atoms with E-state index in [1.54, 1.807) is 0 Å². The Kier molecular flexibility index (Phi) is 6.67. The van der Waals surface area contributed by atoms with E-state index in [0.717, 1.165) is 17.0 Å². The van der Waals surface area contributed by atoms with Crippen molar-refractivity contribution in [1.82, 2.24) is 4.98 Å². The number of aromatic nitrogens is 1. The third kappa shape index (κ3) is 5.25. The van der Waals surface area contributed by atoms with Crippen LogP contribution in [-0.4, -0.2) is 22.7 Å². The molecule has 1 aromatic heterocycles. The molecule has 0 radical (unpaired) electrons. The fourth-order valence-corrected chi connectivity index (χ4v) is 4.15. The molecule has 32 heavy (non-hydrogen) atoms. The van der Waals surface area contributed by atoms with Gasteiger partial charge in [-0.3, -0.25) is 4.79 Å². The smallest absolute Gasteiger partial charge is 0.308 e. The zero-order valence-corrected chi connectivity index (χ0v) is 18.3. The van der Waals surface area contributed by atoms with Gasteiger partial charge in [-0.25, -0.2) is 4.98 Å². The molecular weight excluding hydrogens is 424 g/mol. The van der Waals surface area contributed by atoms with Crippen molar-refractivity contribution in [1.29, 1.82) is 0 Å². The van der Waals surface area contributed by atoms with Crippen molar-refractivity contribution in [3.8, 4) is 28.5 Å². The summed E-state index contributed by atoms with van der Waals surface area (Å²) in [5.74, 6) is 1.26. The minimum atomic E-state index is -0.903. The van der Waals surface area contributed by atoms with Crippen LogP contribution in [0.3, 0.4) is 0 Å². The first-order valence-corrected chi connectivity index (χ1v) is 11.0. The number of carbonyl (C=O) groups is 1. The topological polar surface area (TPSA) is 80.7 Å². The number of nitrogens with one attached hydrogen (secondary N) is 1. The van der Waals surface area contributed by atoms with Crippen molar-refractivity contribution in [3.63, 3.8) is 0 Å². The molecule has 0 aliphatic carbocycles. The van der Waals surface area contributed by atoms with Crippen LogP contribution in [0.2, 0.25) is 0 Å². The van der Waals surface area contributed by atoms with Crippen molar-refractivity contribution in [2.24, 2.45) is 0 Å². The molecule has 7 heteroatoms. The third-order valence-electron chi connectivity index (χ3n) is 4.54. The van der Waals surface area contributed by atoms with E-state index in [2.05, 4.69) is 5.32 Å². The quantitative estimate of drug-likeness (QED) is 0.311. The molecule has 0 aliphatic rings. The molecule has 0 amide bonds. The van der Waals surface area contributed by atoms with Gasteiger partial charge in [0.15, 0.2) is 5.13 Å². The Balaban J connectivity index is 1.60. The lowest BCUT2D eigenvalue weighted by atomic mass is 10.1. The van der Waals surface area contributed by atoms with Gasteiger partial charge in [-0.15, -0.1) is 11.3 Å². The predicted molar refractivity (Wildman–Crippen MR) is 126 cm³/mol. The van der Waals surface area contributed by atoms with Crippen LogP contribution in [0.4, 0.5) is 10.8 Å². The Morgan fingerprint density at radius 3 is 2.38 bits per heavy atom. The molecule has 0 unspecified atom stereocenters. The number of aliphatic carboxylic acids is 1. The predicted octanol–water partition coefficient (Wildman–Crippen LogP) is 6.37. The van der Waals surface area contributed by atoms with E-state index in [-0.39, 0.29) is 6.42 Å².